The highest BCUT2D eigenvalue weighted by Crippen LogP contribution is 2.40. The molecule has 0 spiro atoms. The lowest BCUT2D eigenvalue weighted by atomic mass is 9.79. The van der Waals surface area contributed by atoms with E-state index >= 15 is 0 Å². The lowest BCUT2D eigenvalue weighted by Crippen LogP contribution is -2.44. The number of benzene rings is 1. The second kappa shape index (κ2) is 9.52. The smallest absolute Gasteiger partial charge is 0.214 e. The van der Waals surface area contributed by atoms with Crippen molar-refractivity contribution in [2.24, 2.45) is 4.99 Å². The Bertz CT molecular complexity index is 747. The summed E-state index contributed by atoms with van der Waals surface area (Å²) in [5.41, 5.74) is 2.13. The van der Waals surface area contributed by atoms with E-state index in [0.717, 1.165) is 30.8 Å². The number of halogens is 2. The van der Waals surface area contributed by atoms with Gasteiger partial charge in [0.2, 0.25) is 5.89 Å². The molecule has 2 N–H and O–H groups in total. The highest BCUT2D eigenvalue weighted by molar-refractivity contribution is 14.0. The number of nitrogens with zero attached hydrogens (tertiary/aromatic N) is 2. The second-order valence-electron chi connectivity index (χ2n) is 7.02. The second-order valence-corrected chi connectivity index (χ2v) is 7.02. The van der Waals surface area contributed by atoms with E-state index in [9.17, 15) is 4.39 Å². The van der Waals surface area contributed by atoms with Gasteiger partial charge in [-0.3, -0.25) is 4.99 Å². The van der Waals surface area contributed by atoms with Crippen molar-refractivity contribution in [2.75, 3.05) is 13.6 Å². The quantitative estimate of drug-likeness (QED) is 0.378. The number of guanidine groups is 1. The largest absolute Gasteiger partial charge is 0.444 e. The molecule has 3 rings (SSSR count). The Morgan fingerprint density at radius 3 is 2.41 bits per heavy atom. The van der Waals surface area contributed by atoms with E-state index in [4.69, 9.17) is 4.42 Å². The number of oxazole rings is 1. The molecule has 7 heteroatoms. The van der Waals surface area contributed by atoms with Crippen LogP contribution in [0.4, 0.5) is 4.39 Å². The Morgan fingerprint density at radius 1 is 1.19 bits per heavy atom. The summed E-state index contributed by atoms with van der Waals surface area (Å²) >= 11 is 0. The molecular formula is C20H28FIN4O. The summed E-state index contributed by atoms with van der Waals surface area (Å²) in [5.74, 6) is 2.01. The molecule has 1 saturated carbocycles. The molecule has 0 radical (unpaired) electrons. The van der Waals surface area contributed by atoms with E-state index in [-0.39, 0.29) is 35.2 Å². The molecule has 1 aromatic heterocycles. The zero-order valence-corrected chi connectivity index (χ0v) is 18.5. The van der Waals surface area contributed by atoms with E-state index in [0.29, 0.717) is 18.4 Å². The van der Waals surface area contributed by atoms with Crippen molar-refractivity contribution in [1.29, 1.82) is 0 Å². The van der Waals surface area contributed by atoms with E-state index in [1.807, 2.05) is 26.0 Å². The fourth-order valence-electron chi connectivity index (χ4n) is 3.67. The fourth-order valence-corrected chi connectivity index (χ4v) is 3.67. The molecule has 0 bridgehead atoms. The zero-order chi connectivity index (χ0) is 18.6. The molecule has 148 valence electrons. The monoisotopic (exact) mass is 486 g/mol. The normalized spacial score (nSPS) is 16.1. The van der Waals surface area contributed by atoms with Crippen LogP contribution in [0.5, 0.6) is 0 Å². The summed E-state index contributed by atoms with van der Waals surface area (Å²) in [4.78, 5) is 8.67. The average Bonchev–Trinajstić information content (AvgIpc) is 3.23. The first kappa shape index (κ1) is 21.7. The molecule has 1 heterocycles. The van der Waals surface area contributed by atoms with Crippen molar-refractivity contribution in [3.05, 3.63) is 53.0 Å². The van der Waals surface area contributed by atoms with Gasteiger partial charge in [0.1, 0.15) is 11.6 Å². The van der Waals surface area contributed by atoms with Crippen LogP contribution in [-0.4, -0.2) is 24.5 Å². The van der Waals surface area contributed by atoms with E-state index in [1.54, 1.807) is 19.2 Å². The maximum Gasteiger partial charge on any atom is 0.214 e. The first-order valence-electron chi connectivity index (χ1n) is 9.16. The van der Waals surface area contributed by atoms with Gasteiger partial charge >= 0.3 is 0 Å². The Hall–Kier alpha value is -1.64. The van der Waals surface area contributed by atoms with Crippen molar-refractivity contribution in [3.8, 4) is 0 Å². The highest BCUT2D eigenvalue weighted by Gasteiger charge is 2.35. The fraction of sp³-hybridized carbons (Fsp3) is 0.500. The Morgan fingerprint density at radius 2 is 1.85 bits per heavy atom. The lowest BCUT2D eigenvalue weighted by Gasteiger charge is -2.30. The number of nitrogens with one attached hydrogen (secondary N) is 2. The van der Waals surface area contributed by atoms with Crippen molar-refractivity contribution in [1.82, 2.24) is 15.6 Å². The van der Waals surface area contributed by atoms with E-state index < -0.39 is 0 Å². The third-order valence-corrected chi connectivity index (χ3v) is 5.31. The summed E-state index contributed by atoms with van der Waals surface area (Å²) in [5, 5.41) is 6.68. The molecular weight excluding hydrogens is 458 g/mol. The van der Waals surface area contributed by atoms with Crippen molar-refractivity contribution < 1.29 is 8.81 Å². The topological polar surface area (TPSA) is 62.5 Å². The van der Waals surface area contributed by atoms with Gasteiger partial charge in [0, 0.05) is 19.0 Å². The van der Waals surface area contributed by atoms with E-state index in [2.05, 4.69) is 20.6 Å². The Balaban J connectivity index is 0.00000261. The summed E-state index contributed by atoms with van der Waals surface area (Å²) in [6.45, 7) is 5.09. The Kier molecular flexibility index (Phi) is 7.64. The van der Waals surface area contributed by atoms with Crippen LogP contribution in [0.15, 0.2) is 33.7 Å². The van der Waals surface area contributed by atoms with E-state index in [1.165, 1.54) is 18.4 Å². The molecule has 1 fully saturated rings. The van der Waals surface area contributed by atoms with Crippen molar-refractivity contribution in [2.45, 2.75) is 51.5 Å². The van der Waals surface area contributed by atoms with Gasteiger partial charge < -0.3 is 15.1 Å². The molecule has 1 aliphatic carbocycles. The predicted octanol–water partition coefficient (Wildman–Crippen LogP) is 4.23. The van der Waals surface area contributed by atoms with Crippen LogP contribution < -0.4 is 10.6 Å². The SMILES string of the molecule is CN=C(NCc1nc(C)c(C)o1)NCC1(c2ccc(F)cc2)CCCC1.I. The molecule has 0 aliphatic heterocycles. The third-order valence-electron chi connectivity index (χ3n) is 5.31. The van der Waals surface area contributed by atoms with Crippen LogP contribution >= 0.6 is 24.0 Å². The summed E-state index contributed by atoms with van der Waals surface area (Å²) in [6.07, 6.45) is 4.58. The molecule has 1 aliphatic rings. The van der Waals surface area contributed by atoms with Gasteiger partial charge in [-0.15, -0.1) is 24.0 Å². The van der Waals surface area contributed by atoms with Gasteiger partial charge in [-0.1, -0.05) is 25.0 Å². The molecule has 0 amide bonds. The first-order chi connectivity index (χ1) is 12.5. The van der Waals surface area contributed by atoms with Crippen LogP contribution in [0.2, 0.25) is 0 Å². The van der Waals surface area contributed by atoms with Crippen molar-refractivity contribution in [3.63, 3.8) is 0 Å². The number of aliphatic imine (C=N–C) groups is 1. The molecule has 27 heavy (non-hydrogen) atoms. The molecule has 0 saturated heterocycles. The van der Waals surface area contributed by atoms with Crippen LogP contribution in [0.1, 0.15) is 48.6 Å². The summed E-state index contributed by atoms with van der Waals surface area (Å²) in [6, 6.07) is 6.93. The van der Waals surface area contributed by atoms with Crippen LogP contribution in [-0.2, 0) is 12.0 Å². The first-order valence-corrected chi connectivity index (χ1v) is 9.16. The minimum Gasteiger partial charge on any atom is -0.444 e. The van der Waals surface area contributed by atoms with Crippen molar-refractivity contribution >= 4 is 29.9 Å². The van der Waals surface area contributed by atoms with Gasteiger partial charge in [-0.25, -0.2) is 9.37 Å². The van der Waals surface area contributed by atoms with Gasteiger partial charge in [0.15, 0.2) is 5.96 Å². The number of aryl methyl sites for hydroxylation is 2. The van der Waals surface area contributed by atoms with Gasteiger partial charge in [0.05, 0.1) is 12.2 Å². The zero-order valence-electron chi connectivity index (χ0n) is 16.1. The third kappa shape index (κ3) is 5.21. The molecule has 2 aromatic rings. The predicted molar refractivity (Wildman–Crippen MR) is 116 cm³/mol. The summed E-state index contributed by atoms with van der Waals surface area (Å²) < 4.78 is 18.9. The maximum absolute atomic E-state index is 13.3. The highest BCUT2D eigenvalue weighted by atomic mass is 127. The lowest BCUT2D eigenvalue weighted by molar-refractivity contribution is 0.428. The standard InChI is InChI=1S/C20H27FN4O.HI/c1-14-15(2)26-18(25-14)12-23-19(22-3)24-13-20(10-4-5-11-20)16-6-8-17(21)9-7-16;/h6-9H,4-5,10-13H2,1-3H3,(H2,22,23,24);1H. The van der Waals surface area contributed by atoms with Crippen LogP contribution in [0.25, 0.3) is 0 Å². The minimum atomic E-state index is -0.191. The molecule has 5 nitrogen and oxygen atoms in total. The molecule has 0 unspecified atom stereocenters. The van der Waals surface area contributed by atoms with Crippen LogP contribution in [0.3, 0.4) is 0 Å². The number of rotatable bonds is 5. The van der Waals surface area contributed by atoms with Gasteiger partial charge in [-0.05, 0) is 44.4 Å². The molecule has 1 aromatic carbocycles. The Labute approximate surface area is 177 Å². The number of hydrogen-bond acceptors (Lipinski definition) is 3. The van der Waals surface area contributed by atoms with Gasteiger partial charge in [0.25, 0.3) is 0 Å². The van der Waals surface area contributed by atoms with Crippen LogP contribution in [0, 0.1) is 19.7 Å². The maximum atomic E-state index is 13.3. The average molecular weight is 486 g/mol. The number of aromatic nitrogens is 1. The minimum absolute atomic E-state index is 0. The molecule has 0 atom stereocenters. The summed E-state index contributed by atoms with van der Waals surface area (Å²) in [7, 11) is 1.75. The van der Waals surface area contributed by atoms with Gasteiger partial charge in [-0.2, -0.15) is 0 Å². The number of hydrogen-bond donors (Lipinski definition) is 2.